The van der Waals surface area contributed by atoms with Gasteiger partial charge in [0, 0.05) is 5.56 Å². The zero-order valence-electron chi connectivity index (χ0n) is 12.0. The molecule has 23 heavy (non-hydrogen) atoms. The van der Waals surface area contributed by atoms with E-state index in [0.29, 0.717) is 16.6 Å². The topological polar surface area (TPSA) is 148 Å². The number of H-pyrrole nitrogens is 1. The van der Waals surface area contributed by atoms with Crippen molar-refractivity contribution in [2.24, 2.45) is 10.9 Å². The maximum Gasteiger partial charge on any atom is 0.362 e. The molecule has 0 aliphatic rings. The standard InChI is InChI=1S/C13H12N6O4/c1-2-23-12(21)9-11(20)17-19-8-5-6(10(14)18-22)3-4-7(8)15-13(19)16-9/h3-5,22H,2H2,1H3,(H2,14,18)(H,17,20). The Morgan fingerprint density at radius 3 is 2.96 bits per heavy atom. The van der Waals surface area contributed by atoms with E-state index in [4.69, 9.17) is 15.7 Å². The highest BCUT2D eigenvalue weighted by Gasteiger charge is 2.17. The molecule has 1 aromatic carbocycles. The monoisotopic (exact) mass is 316 g/mol. The van der Waals surface area contributed by atoms with Crippen LogP contribution in [0.1, 0.15) is 23.0 Å². The fourth-order valence-corrected chi connectivity index (χ4v) is 2.11. The number of carbonyl (C=O) groups is 1. The number of imidazole rings is 1. The van der Waals surface area contributed by atoms with Crippen molar-refractivity contribution >= 4 is 28.6 Å². The first-order valence-corrected chi connectivity index (χ1v) is 6.62. The number of oxime groups is 1. The van der Waals surface area contributed by atoms with Gasteiger partial charge in [-0.2, -0.15) is 4.98 Å². The van der Waals surface area contributed by atoms with Crippen LogP contribution in [0.15, 0.2) is 28.1 Å². The summed E-state index contributed by atoms with van der Waals surface area (Å²) < 4.78 is 6.09. The van der Waals surface area contributed by atoms with Crippen LogP contribution in [-0.2, 0) is 4.74 Å². The van der Waals surface area contributed by atoms with E-state index in [-0.39, 0.29) is 23.9 Å². The van der Waals surface area contributed by atoms with Gasteiger partial charge < -0.3 is 15.7 Å². The van der Waals surface area contributed by atoms with Gasteiger partial charge in [0.05, 0.1) is 17.6 Å². The summed E-state index contributed by atoms with van der Waals surface area (Å²) in [6.07, 6.45) is 0. The first-order chi connectivity index (χ1) is 11.0. The van der Waals surface area contributed by atoms with Gasteiger partial charge in [0.1, 0.15) is 0 Å². The molecule has 10 nitrogen and oxygen atoms in total. The number of fused-ring (bicyclic) bond motifs is 3. The van der Waals surface area contributed by atoms with E-state index in [9.17, 15) is 9.59 Å². The van der Waals surface area contributed by atoms with Crippen molar-refractivity contribution in [3.8, 4) is 0 Å². The van der Waals surface area contributed by atoms with Crippen molar-refractivity contribution in [3.05, 3.63) is 39.8 Å². The lowest BCUT2D eigenvalue weighted by Gasteiger charge is -2.01. The molecule has 10 heteroatoms. The number of nitrogens with one attached hydrogen (secondary N) is 1. The van der Waals surface area contributed by atoms with Crippen molar-refractivity contribution in [2.75, 3.05) is 6.61 Å². The first kappa shape index (κ1) is 14.5. The highest BCUT2D eigenvalue weighted by Crippen LogP contribution is 2.16. The summed E-state index contributed by atoms with van der Waals surface area (Å²) in [4.78, 5) is 31.9. The van der Waals surface area contributed by atoms with Crippen molar-refractivity contribution in [1.82, 2.24) is 19.6 Å². The van der Waals surface area contributed by atoms with Gasteiger partial charge in [0.25, 0.3) is 11.3 Å². The lowest BCUT2D eigenvalue weighted by atomic mass is 10.2. The van der Waals surface area contributed by atoms with Crippen LogP contribution in [0.5, 0.6) is 0 Å². The van der Waals surface area contributed by atoms with Crippen molar-refractivity contribution in [2.45, 2.75) is 6.92 Å². The second-order valence-corrected chi connectivity index (χ2v) is 4.56. The van der Waals surface area contributed by atoms with Gasteiger partial charge in [-0.15, -0.1) is 0 Å². The number of aromatic amines is 1. The summed E-state index contributed by atoms with van der Waals surface area (Å²) in [5.41, 5.74) is 5.92. The van der Waals surface area contributed by atoms with Crippen LogP contribution in [-0.4, -0.2) is 43.2 Å². The second kappa shape index (κ2) is 5.40. The van der Waals surface area contributed by atoms with E-state index in [1.165, 1.54) is 4.52 Å². The Hall–Kier alpha value is -3.43. The number of carbonyl (C=O) groups excluding carboxylic acids is 1. The van der Waals surface area contributed by atoms with Crippen LogP contribution in [0, 0.1) is 0 Å². The molecule has 3 aromatic rings. The molecule has 0 amide bonds. The van der Waals surface area contributed by atoms with Gasteiger partial charge in [-0.3, -0.25) is 9.89 Å². The average Bonchev–Trinajstić information content (AvgIpc) is 2.90. The molecule has 4 N–H and O–H groups in total. The minimum atomic E-state index is -0.819. The highest BCUT2D eigenvalue weighted by molar-refractivity contribution is 6.00. The molecule has 2 heterocycles. The Labute approximate surface area is 128 Å². The number of ether oxygens (including phenoxy) is 1. The summed E-state index contributed by atoms with van der Waals surface area (Å²) in [6.45, 7) is 1.76. The molecule has 0 aliphatic heterocycles. The molecule has 118 valence electrons. The zero-order chi connectivity index (χ0) is 16.6. The van der Waals surface area contributed by atoms with Crippen LogP contribution in [0.3, 0.4) is 0 Å². The fourth-order valence-electron chi connectivity index (χ4n) is 2.11. The number of hydrogen-bond acceptors (Lipinski definition) is 7. The number of rotatable bonds is 3. The summed E-state index contributed by atoms with van der Waals surface area (Å²) >= 11 is 0. The number of hydrogen-bond donors (Lipinski definition) is 3. The van der Waals surface area contributed by atoms with E-state index < -0.39 is 11.5 Å². The van der Waals surface area contributed by atoms with Gasteiger partial charge in [-0.05, 0) is 25.1 Å². The van der Waals surface area contributed by atoms with Crippen LogP contribution in [0.2, 0.25) is 0 Å². The predicted molar refractivity (Wildman–Crippen MR) is 79.6 cm³/mol. The quantitative estimate of drug-likeness (QED) is 0.200. The Morgan fingerprint density at radius 2 is 2.26 bits per heavy atom. The van der Waals surface area contributed by atoms with E-state index in [1.54, 1.807) is 25.1 Å². The molecule has 3 rings (SSSR count). The van der Waals surface area contributed by atoms with E-state index in [0.717, 1.165) is 0 Å². The maximum absolute atomic E-state index is 12.0. The summed E-state index contributed by atoms with van der Waals surface area (Å²) in [6, 6.07) is 4.81. The molecule has 0 aliphatic carbocycles. The van der Waals surface area contributed by atoms with Crippen LogP contribution >= 0.6 is 0 Å². The van der Waals surface area contributed by atoms with Crippen molar-refractivity contribution in [3.63, 3.8) is 0 Å². The largest absolute Gasteiger partial charge is 0.461 e. The molecular weight excluding hydrogens is 304 g/mol. The zero-order valence-corrected chi connectivity index (χ0v) is 12.0. The molecule has 0 radical (unpaired) electrons. The molecular formula is C13H12N6O4. The lowest BCUT2D eigenvalue weighted by Crippen LogP contribution is -2.24. The average molecular weight is 316 g/mol. The molecule has 0 atom stereocenters. The third kappa shape index (κ3) is 2.35. The summed E-state index contributed by atoms with van der Waals surface area (Å²) in [7, 11) is 0. The highest BCUT2D eigenvalue weighted by atomic mass is 16.5. The minimum Gasteiger partial charge on any atom is -0.461 e. The Kier molecular flexibility index (Phi) is 3.41. The minimum absolute atomic E-state index is 0.0831. The number of benzene rings is 1. The van der Waals surface area contributed by atoms with E-state index >= 15 is 0 Å². The van der Waals surface area contributed by atoms with Gasteiger partial charge in [0.15, 0.2) is 5.84 Å². The summed E-state index contributed by atoms with van der Waals surface area (Å²) in [5.74, 6) is -0.778. The van der Waals surface area contributed by atoms with Crippen molar-refractivity contribution in [1.29, 1.82) is 0 Å². The number of aromatic nitrogens is 4. The summed E-state index contributed by atoms with van der Waals surface area (Å²) in [5, 5.41) is 14.2. The van der Waals surface area contributed by atoms with E-state index in [2.05, 4.69) is 20.2 Å². The van der Waals surface area contributed by atoms with Crippen molar-refractivity contribution < 1.29 is 14.7 Å². The van der Waals surface area contributed by atoms with Gasteiger partial charge in [0.2, 0.25) is 5.69 Å². The molecule has 0 saturated heterocycles. The van der Waals surface area contributed by atoms with Gasteiger partial charge in [-0.25, -0.2) is 14.3 Å². The number of nitrogens with zero attached hydrogens (tertiary/aromatic N) is 4. The third-order valence-corrected chi connectivity index (χ3v) is 3.15. The van der Waals surface area contributed by atoms with Crippen LogP contribution in [0.4, 0.5) is 0 Å². The lowest BCUT2D eigenvalue weighted by molar-refractivity contribution is 0.0517. The first-order valence-electron chi connectivity index (χ1n) is 6.62. The van der Waals surface area contributed by atoms with Crippen LogP contribution in [0.25, 0.3) is 16.8 Å². The predicted octanol–water partition coefficient (Wildman–Crippen LogP) is -0.158. The SMILES string of the molecule is CCOC(=O)c1nc2nc3ccc(/C(N)=N/O)cc3n2[nH]c1=O. The molecule has 2 aromatic heterocycles. The van der Waals surface area contributed by atoms with Crippen LogP contribution < -0.4 is 11.3 Å². The Balaban J connectivity index is 2.25. The number of nitrogens with two attached hydrogens (primary N) is 1. The number of amidine groups is 1. The fraction of sp³-hybridized carbons (Fsp3) is 0.154. The molecule has 0 saturated carbocycles. The second-order valence-electron chi connectivity index (χ2n) is 4.56. The number of esters is 1. The third-order valence-electron chi connectivity index (χ3n) is 3.15. The molecule has 0 unspecified atom stereocenters. The Bertz CT molecular complexity index is 1000. The molecule has 0 fully saturated rings. The molecule has 0 bridgehead atoms. The van der Waals surface area contributed by atoms with Gasteiger partial charge in [-0.1, -0.05) is 5.16 Å². The molecule has 0 spiro atoms. The van der Waals surface area contributed by atoms with E-state index in [1.807, 2.05) is 0 Å². The normalized spacial score (nSPS) is 12.0. The maximum atomic E-state index is 12.0. The van der Waals surface area contributed by atoms with Gasteiger partial charge >= 0.3 is 5.97 Å². The Morgan fingerprint density at radius 1 is 1.48 bits per heavy atom. The smallest absolute Gasteiger partial charge is 0.362 e.